The molecular weight excluding hydrogens is 398 g/mol. The van der Waals surface area contributed by atoms with Gasteiger partial charge in [-0.25, -0.2) is 8.42 Å². The quantitative estimate of drug-likeness (QED) is 0.474. The van der Waals surface area contributed by atoms with E-state index in [1.54, 1.807) is 41.1 Å². The van der Waals surface area contributed by atoms with Gasteiger partial charge in [-0.15, -0.1) is 0 Å². The van der Waals surface area contributed by atoms with Crippen molar-refractivity contribution in [1.82, 2.24) is 9.78 Å². The van der Waals surface area contributed by atoms with E-state index in [1.807, 2.05) is 50.4 Å². The second-order valence-electron chi connectivity index (χ2n) is 7.04. The predicted molar refractivity (Wildman–Crippen MR) is 118 cm³/mol. The third kappa shape index (κ3) is 4.16. The number of fused-ring (bicyclic) bond motifs is 1. The lowest BCUT2D eigenvalue weighted by molar-refractivity contribution is 0.343. The molecule has 0 radical (unpaired) electrons. The van der Waals surface area contributed by atoms with E-state index in [0.717, 1.165) is 11.1 Å². The van der Waals surface area contributed by atoms with Crippen LogP contribution in [0.5, 0.6) is 5.75 Å². The first-order valence-corrected chi connectivity index (χ1v) is 11.2. The zero-order valence-electron chi connectivity index (χ0n) is 16.9. The van der Waals surface area contributed by atoms with Gasteiger partial charge in [-0.3, -0.25) is 9.40 Å². The summed E-state index contributed by atoms with van der Waals surface area (Å²) in [6.45, 7) is 4.89. The maximum absolute atomic E-state index is 12.9. The Kier molecular flexibility index (Phi) is 5.46. The van der Waals surface area contributed by atoms with E-state index in [1.165, 1.54) is 0 Å². The number of benzene rings is 3. The molecule has 0 saturated heterocycles. The van der Waals surface area contributed by atoms with Crippen LogP contribution >= 0.6 is 0 Å². The number of ether oxygens (including phenoxy) is 1. The van der Waals surface area contributed by atoms with Gasteiger partial charge in [0.15, 0.2) is 0 Å². The van der Waals surface area contributed by atoms with Crippen molar-refractivity contribution >= 4 is 26.6 Å². The third-order valence-corrected chi connectivity index (χ3v) is 6.13. The Morgan fingerprint density at radius 1 is 1.00 bits per heavy atom. The first-order chi connectivity index (χ1) is 14.5. The van der Waals surface area contributed by atoms with Crippen LogP contribution in [-0.2, 0) is 16.6 Å². The summed E-state index contributed by atoms with van der Waals surface area (Å²) in [7, 11) is -3.72. The summed E-state index contributed by atoms with van der Waals surface area (Å²) in [6, 6.07) is 20.2. The van der Waals surface area contributed by atoms with E-state index < -0.39 is 10.0 Å². The van der Waals surface area contributed by atoms with Crippen LogP contribution < -0.4 is 9.46 Å². The maximum Gasteiger partial charge on any atom is 0.261 e. The van der Waals surface area contributed by atoms with Gasteiger partial charge in [0.1, 0.15) is 11.3 Å². The van der Waals surface area contributed by atoms with Crippen LogP contribution in [0.3, 0.4) is 0 Å². The molecule has 1 heterocycles. The van der Waals surface area contributed by atoms with Crippen molar-refractivity contribution in [3.8, 4) is 5.75 Å². The summed E-state index contributed by atoms with van der Waals surface area (Å²) in [5, 5.41) is 5.35. The van der Waals surface area contributed by atoms with Crippen LogP contribution in [0.2, 0.25) is 0 Å². The van der Waals surface area contributed by atoms with Crippen LogP contribution in [0.25, 0.3) is 10.9 Å². The first-order valence-electron chi connectivity index (χ1n) is 9.72. The van der Waals surface area contributed by atoms with Crippen molar-refractivity contribution in [1.29, 1.82) is 0 Å². The molecule has 6 nitrogen and oxygen atoms in total. The number of rotatable bonds is 7. The van der Waals surface area contributed by atoms with Crippen molar-refractivity contribution in [2.45, 2.75) is 25.3 Å². The van der Waals surface area contributed by atoms with Crippen LogP contribution in [-0.4, -0.2) is 24.8 Å². The van der Waals surface area contributed by atoms with E-state index in [-0.39, 0.29) is 4.90 Å². The lowest BCUT2D eigenvalue weighted by Crippen LogP contribution is -2.13. The monoisotopic (exact) mass is 421 g/mol. The van der Waals surface area contributed by atoms with Crippen molar-refractivity contribution in [3.05, 3.63) is 84.1 Å². The highest BCUT2D eigenvalue weighted by atomic mass is 32.2. The summed E-state index contributed by atoms with van der Waals surface area (Å²) in [5.74, 6) is 0.623. The third-order valence-electron chi connectivity index (χ3n) is 4.75. The summed E-state index contributed by atoms with van der Waals surface area (Å²) < 4.78 is 36.0. The second-order valence-corrected chi connectivity index (χ2v) is 8.72. The minimum Gasteiger partial charge on any atom is -0.492 e. The molecule has 1 aromatic heterocycles. The van der Waals surface area contributed by atoms with E-state index in [2.05, 4.69) is 9.82 Å². The molecule has 0 unspecified atom stereocenters. The lowest BCUT2D eigenvalue weighted by Gasteiger charge is -2.11. The fourth-order valence-corrected chi connectivity index (χ4v) is 4.34. The Morgan fingerprint density at radius 2 is 1.73 bits per heavy atom. The van der Waals surface area contributed by atoms with Crippen LogP contribution in [0.4, 0.5) is 5.69 Å². The van der Waals surface area contributed by atoms with Crippen molar-refractivity contribution in [3.63, 3.8) is 0 Å². The standard InChI is InChI=1S/C23H23N3O3S/c1-3-29-22-14-13-21(25-30(27,28)19-11-9-17(2)10-12-19)20-16-26(24-23(20)22)15-18-7-5-4-6-8-18/h4-14,16,25H,3,15H2,1-2H3. The normalized spacial score (nSPS) is 11.5. The fourth-order valence-electron chi connectivity index (χ4n) is 3.26. The van der Waals surface area contributed by atoms with Gasteiger partial charge in [0.05, 0.1) is 23.7 Å². The molecule has 3 aromatic carbocycles. The zero-order valence-corrected chi connectivity index (χ0v) is 17.7. The van der Waals surface area contributed by atoms with Crippen molar-refractivity contribution < 1.29 is 13.2 Å². The Balaban J connectivity index is 1.74. The molecule has 0 atom stereocenters. The van der Waals surface area contributed by atoms with Gasteiger partial charge in [0, 0.05) is 11.6 Å². The van der Waals surface area contributed by atoms with Crippen LogP contribution in [0, 0.1) is 6.92 Å². The topological polar surface area (TPSA) is 73.2 Å². The van der Waals surface area contributed by atoms with Crippen LogP contribution in [0.1, 0.15) is 18.1 Å². The number of nitrogens with one attached hydrogen (secondary N) is 1. The molecule has 0 amide bonds. The van der Waals surface area contributed by atoms with Gasteiger partial charge in [0.25, 0.3) is 10.0 Å². The molecular formula is C23H23N3O3S. The molecule has 4 rings (SSSR count). The molecule has 0 saturated carbocycles. The van der Waals surface area contributed by atoms with Crippen molar-refractivity contribution in [2.75, 3.05) is 11.3 Å². The molecule has 1 N–H and O–H groups in total. The van der Waals surface area contributed by atoms with Gasteiger partial charge in [-0.05, 0) is 43.7 Å². The first kappa shape index (κ1) is 20.0. The Bertz CT molecular complexity index is 1260. The molecule has 0 fully saturated rings. The smallest absolute Gasteiger partial charge is 0.261 e. The molecule has 0 aliphatic carbocycles. The average molecular weight is 422 g/mol. The SMILES string of the molecule is CCOc1ccc(NS(=O)(=O)c2ccc(C)cc2)c2cn(Cc3ccccc3)nc12. The highest BCUT2D eigenvalue weighted by Gasteiger charge is 2.18. The lowest BCUT2D eigenvalue weighted by atomic mass is 10.2. The predicted octanol–water partition coefficient (Wildman–Crippen LogP) is 4.59. The Hall–Kier alpha value is -3.32. The molecule has 4 aromatic rings. The van der Waals surface area contributed by atoms with Gasteiger partial charge >= 0.3 is 0 Å². The number of hydrogen-bond acceptors (Lipinski definition) is 4. The average Bonchev–Trinajstić information content (AvgIpc) is 3.15. The second kappa shape index (κ2) is 8.20. The number of hydrogen-bond donors (Lipinski definition) is 1. The molecule has 0 bridgehead atoms. The van der Waals surface area contributed by atoms with E-state index in [4.69, 9.17) is 4.74 Å². The zero-order chi connectivity index (χ0) is 21.1. The summed E-state index contributed by atoms with van der Waals surface area (Å²) >= 11 is 0. The molecule has 154 valence electrons. The number of anilines is 1. The Morgan fingerprint density at radius 3 is 2.43 bits per heavy atom. The van der Waals surface area contributed by atoms with E-state index >= 15 is 0 Å². The van der Waals surface area contributed by atoms with E-state index in [0.29, 0.717) is 35.5 Å². The van der Waals surface area contributed by atoms with E-state index in [9.17, 15) is 8.42 Å². The molecule has 30 heavy (non-hydrogen) atoms. The fraction of sp³-hybridized carbons (Fsp3) is 0.174. The number of aryl methyl sites for hydroxylation is 1. The van der Waals surface area contributed by atoms with Crippen LogP contribution in [0.15, 0.2) is 77.8 Å². The minimum atomic E-state index is -3.72. The highest BCUT2D eigenvalue weighted by molar-refractivity contribution is 7.92. The largest absolute Gasteiger partial charge is 0.492 e. The van der Waals surface area contributed by atoms with Gasteiger partial charge in [0.2, 0.25) is 0 Å². The summed E-state index contributed by atoms with van der Waals surface area (Å²) in [6.07, 6.45) is 1.85. The van der Waals surface area contributed by atoms with Gasteiger partial charge < -0.3 is 4.74 Å². The minimum absolute atomic E-state index is 0.215. The number of aromatic nitrogens is 2. The molecule has 0 aliphatic rings. The molecule has 0 aliphatic heterocycles. The maximum atomic E-state index is 12.9. The van der Waals surface area contributed by atoms with Crippen molar-refractivity contribution in [2.24, 2.45) is 0 Å². The van der Waals surface area contributed by atoms with Gasteiger partial charge in [-0.2, -0.15) is 5.10 Å². The molecule has 0 spiro atoms. The summed E-state index contributed by atoms with van der Waals surface area (Å²) in [5.41, 5.74) is 3.19. The van der Waals surface area contributed by atoms with Gasteiger partial charge in [-0.1, -0.05) is 48.0 Å². The molecule has 7 heteroatoms. The summed E-state index contributed by atoms with van der Waals surface area (Å²) in [4.78, 5) is 0.215. The number of nitrogens with zero attached hydrogens (tertiary/aromatic N) is 2. The number of sulfonamides is 1. The Labute approximate surface area is 176 Å². The highest BCUT2D eigenvalue weighted by Crippen LogP contribution is 2.32.